The highest BCUT2D eigenvalue weighted by molar-refractivity contribution is 7.09. The van der Waals surface area contributed by atoms with Crippen LogP contribution in [-0.2, 0) is 13.0 Å². The molecule has 0 radical (unpaired) electrons. The Hall–Kier alpha value is -3.44. The second-order valence-electron chi connectivity index (χ2n) is 7.36. The number of nitrogens with one attached hydrogen (secondary N) is 1. The van der Waals surface area contributed by atoms with Crippen LogP contribution in [0.4, 0.5) is 5.69 Å². The zero-order valence-corrected chi connectivity index (χ0v) is 17.3. The number of fused-ring (bicyclic) bond motifs is 3. The number of aryl methyl sites for hydroxylation is 1. The van der Waals surface area contributed by atoms with E-state index in [1.165, 1.54) is 22.3 Å². The third kappa shape index (κ3) is 3.72. The Balaban J connectivity index is 1.24. The van der Waals surface area contributed by atoms with Crippen LogP contribution in [-0.4, -0.2) is 10.9 Å². The molecule has 0 aliphatic heterocycles. The van der Waals surface area contributed by atoms with Gasteiger partial charge in [0.15, 0.2) is 0 Å². The van der Waals surface area contributed by atoms with Crippen molar-refractivity contribution in [3.8, 4) is 16.9 Å². The molecule has 0 bridgehead atoms. The summed E-state index contributed by atoms with van der Waals surface area (Å²) >= 11 is 1.58. The van der Waals surface area contributed by atoms with Crippen molar-refractivity contribution in [2.24, 2.45) is 0 Å². The number of hydrogen-bond donors (Lipinski definition) is 1. The van der Waals surface area contributed by atoms with E-state index in [0.29, 0.717) is 12.2 Å². The summed E-state index contributed by atoms with van der Waals surface area (Å²) in [6.45, 7) is 2.40. The molecule has 3 aromatic carbocycles. The summed E-state index contributed by atoms with van der Waals surface area (Å²) in [6, 6.07) is 21.8. The van der Waals surface area contributed by atoms with E-state index in [1.54, 1.807) is 23.5 Å². The number of rotatable bonds is 5. The summed E-state index contributed by atoms with van der Waals surface area (Å²) < 4.78 is 5.76. The molecule has 5 heteroatoms. The molecule has 5 rings (SSSR count). The van der Waals surface area contributed by atoms with Gasteiger partial charge in [0.2, 0.25) is 0 Å². The van der Waals surface area contributed by atoms with Crippen molar-refractivity contribution in [1.29, 1.82) is 0 Å². The summed E-state index contributed by atoms with van der Waals surface area (Å²) in [4.78, 5) is 17.1. The number of aromatic nitrogens is 1. The summed E-state index contributed by atoms with van der Waals surface area (Å²) in [7, 11) is 0. The predicted octanol–water partition coefficient (Wildman–Crippen LogP) is 5.85. The van der Waals surface area contributed by atoms with Gasteiger partial charge in [-0.15, -0.1) is 11.3 Å². The molecule has 1 amide bonds. The highest BCUT2D eigenvalue weighted by Crippen LogP contribution is 2.37. The van der Waals surface area contributed by atoms with Gasteiger partial charge in [-0.2, -0.15) is 0 Å². The Labute approximate surface area is 179 Å². The lowest BCUT2D eigenvalue weighted by Crippen LogP contribution is -2.12. The van der Waals surface area contributed by atoms with Crippen molar-refractivity contribution in [2.45, 2.75) is 20.0 Å². The van der Waals surface area contributed by atoms with E-state index < -0.39 is 0 Å². The van der Waals surface area contributed by atoms with Gasteiger partial charge in [-0.25, -0.2) is 4.98 Å². The molecular weight excluding hydrogens is 392 g/mol. The summed E-state index contributed by atoms with van der Waals surface area (Å²) in [6.07, 6.45) is 0.903. The van der Waals surface area contributed by atoms with Gasteiger partial charge in [0.05, 0.1) is 0 Å². The lowest BCUT2D eigenvalue weighted by molar-refractivity contribution is 0.102. The monoisotopic (exact) mass is 412 g/mol. The number of hydrogen-bond acceptors (Lipinski definition) is 4. The van der Waals surface area contributed by atoms with Gasteiger partial charge in [-0.05, 0) is 72.0 Å². The summed E-state index contributed by atoms with van der Waals surface area (Å²) in [5.74, 6) is 0.585. The molecule has 0 spiro atoms. The van der Waals surface area contributed by atoms with E-state index in [2.05, 4.69) is 46.7 Å². The lowest BCUT2D eigenvalue weighted by Gasteiger charge is -2.09. The number of nitrogens with zero attached hydrogens (tertiary/aromatic N) is 1. The quantitative estimate of drug-likeness (QED) is 0.394. The van der Waals surface area contributed by atoms with Gasteiger partial charge >= 0.3 is 0 Å². The first-order chi connectivity index (χ1) is 14.7. The number of anilines is 1. The van der Waals surface area contributed by atoms with E-state index in [9.17, 15) is 4.79 Å². The fourth-order valence-electron chi connectivity index (χ4n) is 3.74. The molecule has 0 unspecified atom stereocenters. The van der Waals surface area contributed by atoms with Crippen LogP contribution in [0.5, 0.6) is 5.75 Å². The van der Waals surface area contributed by atoms with Gasteiger partial charge in [-0.3, -0.25) is 4.79 Å². The zero-order chi connectivity index (χ0) is 20.5. The normalized spacial score (nSPS) is 11.6. The van der Waals surface area contributed by atoms with Crippen LogP contribution < -0.4 is 10.1 Å². The van der Waals surface area contributed by atoms with Gasteiger partial charge < -0.3 is 10.1 Å². The number of amides is 1. The molecule has 1 heterocycles. The van der Waals surface area contributed by atoms with Crippen LogP contribution in [0.2, 0.25) is 0 Å². The molecule has 1 aromatic heterocycles. The molecular formula is C25H20N2O2S. The molecule has 0 saturated carbocycles. The highest BCUT2D eigenvalue weighted by atomic mass is 32.1. The molecule has 1 N–H and O–H groups in total. The van der Waals surface area contributed by atoms with Crippen LogP contribution in [0.3, 0.4) is 0 Å². The van der Waals surface area contributed by atoms with Crippen LogP contribution in [0, 0.1) is 6.92 Å². The Kier molecular flexibility index (Phi) is 4.81. The smallest absolute Gasteiger partial charge is 0.255 e. The van der Waals surface area contributed by atoms with Crippen molar-refractivity contribution in [3.63, 3.8) is 0 Å². The third-order valence-corrected chi connectivity index (χ3v) is 6.14. The molecule has 4 nitrogen and oxygen atoms in total. The van der Waals surface area contributed by atoms with E-state index in [1.807, 2.05) is 30.5 Å². The fraction of sp³-hybridized carbons (Fsp3) is 0.120. The van der Waals surface area contributed by atoms with Gasteiger partial charge in [0.25, 0.3) is 5.91 Å². The number of thiazole rings is 1. The maximum Gasteiger partial charge on any atom is 0.255 e. The first kappa shape index (κ1) is 18.6. The van der Waals surface area contributed by atoms with Crippen LogP contribution in [0.1, 0.15) is 32.2 Å². The SMILES string of the molecule is Cc1csc(COc2ccc(C(=O)Nc3ccc4c(c3)Cc3ccccc3-4)cc2)n1. The minimum absolute atomic E-state index is 0.132. The molecule has 0 saturated heterocycles. The zero-order valence-electron chi connectivity index (χ0n) is 16.5. The van der Waals surface area contributed by atoms with Crippen molar-refractivity contribution < 1.29 is 9.53 Å². The van der Waals surface area contributed by atoms with Crippen LogP contribution >= 0.6 is 11.3 Å². The number of ether oxygens (including phenoxy) is 1. The van der Waals surface area contributed by atoms with Gasteiger partial charge in [-0.1, -0.05) is 30.3 Å². The summed E-state index contributed by atoms with van der Waals surface area (Å²) in [5, 5.41) is 5.95. The standard InChI is InChI=1S/C25H20N2O2S/c1-16-15-30-24(26-16)14-29-21-9-6-17(7-10-21)25(28)27-20-8-11-23-19(13-20)12-18-4-2-3-5-22(18)23/h2-11,13,15H,12,14H2,1H3,(H,27,28). The molecule has 1 aliphatic rings. The Bertz CT molecular complexity index is 1230. The second-order valence-corrected chi connectivity index (χ2v) is 8.30. The van der Waals surface area contributed by atoms with E-state index in [0.717, 1.165) is 28.6 Å². The van der Waals surface area contributed by atoms with Crippen molar-refractivity contribution in [1.82, 2.24) is 4.98 Å². The number of carbonyl (C=O) groups is 1. The predicted molar refractivity (Wildman–Crippen MR) is 120 cm³/mol. The summed E-state index contributed by atoms with van der Waals surface area (Å²) in [5.41, 5.74) is 7.52. The molecule has 1 aliphatic carbocycles. The van der Waals surface area contributed by atoms with Crippen LogP contribution in [0.25, 0.3) is 11.1 Å². The molecule has 0 atom stereocenters. The molecule has 30 heavy (non-hydrogen) atoms. The van der Waals surface area contributed by atoms with Gasteiger partial charge in [0.1, 0.15) is 17.4 Å². The van der Waals surface area contributed by atoms with E-state index in [-0.39, 0.29) is 5.91 Å². The lowest BCUT2D eigenvalue weighted by atomic mass is 10.1. The first-order valence-corrected chi connectivity index (χ1v) is 10.7. The van der Waals surface area contributed by atoms with Crippen molar-refractivity contribution in [3.05, 3.63) is 99.5 Å². The largest absolute Gasteiger partial charge is 0.486 e. The minimum atomic E-state index is -0.132. The van der Waals surface area contributed by atoms with Crippen molar-refractivity contribution in [2.75, 3.05) is 5.32 Å². The minimum Gasteiger partial charge on any atom is -0.486 e. The van der Waals surface area contributed by atoms with Crippen LogP contribution in [0.15, 0.2) is 72.1 Å². The average molecular weight is 413 g/mol. The average Bonchev–Trinajstić information content (AvgIpc) is 3.35. The van der Waals surface area contributed by atoms with Gasteiger partial charge in [0, 0.05) is 22.3 Å². The topological polar surface area (TPSA) is 51.2 Å². The first-order valence-electron chi connectivity index (χ1n) is 9.82. The second kappa shape index (κ2) is 7.76. The Morgan fingerprint density at radius 1 is 1.03 bits per heavy atom. The Morgan fingerprint density at radius 3 is 2.63 bits per heavy atom. The third-order valence-electron chi connectivity index (χ3n) is 5.20. The van der Waals surface area contributed by atoms with E-state index in [4.69, 9.17) is 4.74 Å². The number of benzene rings is 3. The molecule has 4 aromatic rings. The highest BCUT2D eigenvalue weighted by Gasteiger charge is 2.18. The Morgan fingerprint density at radius 2 is 1.83 bits per heavy atom. The fourth-order valence-corrected chi connectivity index (χ4v) is 4.43. The van der Waals surface area contributed by atoms with E-state index >= 15 is 0 Å². The maximum atomic E-state index is 12.7. The maximum absolute atomic E-state index is 12.7. The number of carbonyl (C=O) groups excluding carboxylic acids is 1. The molecule has 0 fully saturated rings. The molecule has 148 valence electrons. The van der Waals surface area contributed by atoms with Crippen molar-refractivity contribution >= 4 is 22.9 Å².